The molecule has 1 saturated heterocycles. The van der Waals surface area contributed by atoms with Crippen molar-refractivity contribution in [1.29, 1.82) is 5.26 Å². The van der Waals surface area contributed by atoms with Crippen molar-refractivity contribution in [1.82, 2.24) is 14.7 Å². The summed E-state index contributed by atoms with van der Waals surface area (Å²) in [7, 11) is 0. The number of piperidine rings is 1. The van der Waals surface area contributed by atoms with Crippen LogP contribution in [-0.4, -0.2) is 33.8 Å². The number of nitrogens with one attached hydrogen (secondary N) is 1. The quantitative estimate of drug-likeness (QED) is 0.932. The minimum absolute atomic E-state index is 0.0828. The third-order valence-electron chi connectivity index (χ3n) is 4.75. The SMILES string of the molecule is Cc1cc(NC(=O)N2CCC(C#N)CC2)n(C(C)C2CC2)n1. The molecule has 1 aromatic rings. The Kier molecular flexibility index (Phi) is 4.06. The number of carbonyl (C=O) groups excluding carboxylic acids is 1. The number of anilines is 1. The topological polar surface area (TPSA) is 74.0 Å². The Balaban J connectivity index is 1.65. The average Bonchev–Trinajstić information content (AvgIpc) is 3.31. The molecule has 3 rings (SSSR count). The van der Waals surface area contributed by atoms with Crippen LogP contribution in [-0.2, 0) is 0 Å². The van der Waals surface area contributed by atoms with Gasteiger partial charge in [0.2, 0.25) is 0 Å². The van der Waals surface area contributed by atoms with Crippen LogP contribution in [0, 0.1) is 30.1 Å². The zero-order valence-electron chi connectivity index (χ0n) is 13.2. The second-order valence-electron chi connectivity index (χ2n) is 6.51. The van der Waals surface area contributed by atoms with Crippen LogP contribution in [0.5, 0.6) is 0 Å². The summed E-state index contributed by atoms with van der Waals surface area (Å²) in [6, 6.07) is 4.46. The van der Waals surface area contributed by atoms with Gasteiger partial charge in [-0.3, -0.25) is 5.32 Å². The lowest BCUT2D eigenvalue weighted by Gasteiger charge is -2.29. The molecule has 0 spiro atoms. The highest BCUT2D eigenvalue weighted by atomic mass is 16.2. The number of amides is 2. The summed E-state index contributed by atoms with van der Waals surface area (Å²) in [6.45, 7) is 5.41. The molecular formula is C16H23N5O. The molecule has 118 valence electrons. The number of hydrogen-bond donors (Lipinski definition) is 1. The van der Waals surface area contributed by atoms with E-state index in [9.17, 15) is 4.79 Å². The zero-order chi connectivity index (χ0) is 15.7. The standard InChI is InChI=1S/C16H23N5O/c1-11-9-15(21(19-11)12(2)14-3-4-14)18-16(22)20-7-5-13(10-17)6-8-20/h9,12-14H,3-8H2,1-2H3,(H,18,22). The van der Waals surface area contributed by atoms with E-state index in [-0.39, 0.29) is 11.9 Å². The molecule has 1 aromatic heterocycles. The first-order chi connectivity index (χ1) is 10.6. The fraction of sp³-hybridized carbons (Fsp3) is 0.688. The van der Waals surface area contributed by atoms with Crippen LogP contribution in [0.2, 0.25) is 0 Å². The van der Waals surface area contributed by atoms with Gasteiger partial charge in [-0.2, -0.15) is 10.4 Å². The highest BCUT2D eigenvalue weighted by Gasteiger charge is 2.31. The van der Waals surface area contributed by atoms with Crippen molar-refractivity contribution in [3.05, 3.63) is 11.8 Å². The second-order valence-corrected chi connectivity index (χ2v) is 6.51. The molecular weight excluding hydrogens is 278 g/mol. The summed E-state index contributed by atoms with van der Waals surface area (Å²) in [5.41, 5.74) is 0.922. The molecule has 1 unspecified atom stereocenters. The van der Waals surface area contributed by atoms with Crippen molar-refractivity contribution in [2.45, 2.75) is 45.6 Å². The van der Waals surface area contributed by atoms with Gasteiger partial charge in [0.1, 0.15) is 5.82 Å². The molecule has 1 aliphatic heterocycles. The van der Waals surface area contributed by atoms with Crippen molar-refractivity contribution in [3.63, 3.8) is 0 Å². The summed E-state index contributed by atoms with van der Waals surface area (Å²) in [5.74, 6) is 1.55. The first-order valence-corrected chi connectivity index (χ1v) is 8.10. The van der Waals surface area contributed by atoms with Gasteiger partial charge in [-0.1, -0.05) is 0 Å². The lowest BCUT2D eigenvalue weighted by Crippen LogP contribution is -2.41. The molecule has 1 N–H and O–H groups in total. The summed E-state index contributed by atoms with van der Waals surface area (Å²) < 4.78 is 1.95. The van der Waals surface area contributed by atoms with Crippen LogP contribution in [0.1, 0.15) is 44.3 Å². The Morgan fingerprint density at radius 3 is 2.68 bits per heavy atom. The number of likely N-dealkylation sites (tertiary alicyclic amines) is 1. The molecule has 1 atom stereocenters. The summed E-state index contributed by atoms with van der Waals surface area (Å²) in [4.78, 5) is 14.2. The van der Waals surface area contributed by atoms with Crippen molar-refractivity contribution in [2.75, 3.05) is 18.4 Å². The average molecular weight is 301 g/mol. The maximum Gasteiger partial charge on any atom is 0.323 e. The molecule has 2 fully saturated rings. The van der Waals surface area contributed by atoms with Gasteiger partial charge in [-0.25, -0.2) is 9.48 Å². The Bertz CT molecular complexity index is 590. The first-order valence-electron chi connectivity index (χ1n) is 8.10. The maximum absolute atomic E-state index is 12.4. The minimum atomic E-state index is -0.0828. The fourth-order valence-electron chi connectivity index (χ4n) is 3.10. The third-order valence-corrected chi connectivity index (χ3v) is 4.75. The second kappa shape index (κ2) is 5.99. The van der Waals surface area contributed by atoms with Crippen molar-refractivity contribution in [2.24, 2.45) is 11.8 Å². The molecule has 1 saturated carbocycles. The third kappa shape index (κ3) is 3.08. The molecule has 1 aliphatic carbocycles. The van der Waals surface area contributed by atoms with Gasteiger partial charge in [0.25, 0.3) is 0 Å². The van der Waals surface area contributed by atoms with Gasteiger partial charge in [-0.15, -0.1) is 0 Å². The largest absolute Gasteiger partial charge is 0.324 e. The predicted molar refractivity (Wildman–Crippen MR) is 83.3 cm³/mol. The number of nitriles is 1. The van der Waals surface area contributed by atoms with Crippen LogP contribution in [0.15, 0.2) is 6.07 Å². The number of aryl methyl sites for hydroxylation is 1. The van der Waals surface area contributed by atoms with Gasteiger partial charge in [-0.05, 0) is 45.4 Å². The normalized spacial score (nSPS) is 20.5. The van der Waals surface area contributed by atoms with Crippen LogP contribution >= 0.6 is 0 Å². The van der Waals surface area contributed by atoms with Crippen LogP contribution < -0.4 is 5.32 Å². The van der Waals surface area contributed by atoms with E-state index >= 15 is 0 Å². The number of rotatable bonds is 3. The Morgan fingerprint density at radius 2 is 2.09 bits per heavy atom. The Labute approximate surface area is 131 Å². The van der Waals surface area contributed by atoms with Crippen LogP contribution in [0.3, 0.4) is 0 Å². The monoisotopic (exact) mass is 301 g/mol. The smallest absolute Gasteiger partial charge is 0.323 e. The molecule has 0 bridgehead atoms. The van der Waals surface area contributed by atoms with Gasteiger partial charge < -0.3 is 4.90 Å². The molecule has 0 radical (unpaired) electrons. The Morgan fingerprint density at radius 1 is 1.41 bits per heavy atom. The Hall–Kier alpha value is -2.03. The predicted octanol–water partition coefficient (Wildman–Crippen LogP) is 2.93. The van der Waals surface area contributed by atoms with Gasteiger partial charge >= 0.3 is 6.03 Å². The highest BCUT2D eigenvalue weighted by molar-refractivity contribution is 5.88. The molecule has 2 aliphatic rings. The van der Waals surface area contributed by atoms with E-state index in [2.05, 4.69) is 23.4 Å². The number of nitrogens with zero attached hydrogens (tertiary/aromatic N) is 4. The zero-order valence-corrected chi connectivity index (χ0v) is 13.2. The van der Waals surface area contributed by atoms with E-state index in [1.807, 2.05) is 17.7 Å². The number of aromatic nitrogens is 2. The lowest BCUT2D eigenvalue weighted by molar-refractivity contribution is 0.191. The van der Waals surface area contributed by atoms with Gasteiger partial charge in [0.15, 0.2) is 0 Å². The van der Waals surface area contributed by atoms with Crippen molar-refractivity contribution < 1.29 is 4.79 Å². The van der Waals surface area contributed by atoms with E-state index in [0.717, 1.165) is 24.4 Å². The summed E-state index contributed by atoms with van der Waals surface area (Å²) in [5, 5.41) is 16.5. The molecule has 2 amide bonds. The fourth-order valence-corrected chi connectivity index (χ4v) is 3.10. The number of carbonyl (C=O) groups is 1. The first kappa shape index (κ1) is 14.9. The minimum Gasteiger partial charge on any atom is -0.324 e. The van der Waals surface area contributed by atoms with E-state index in [0.29, 0.717) is 25.0 Å². The van der Waals surface area contributed by atoms with Crippen LogP contribution in [0.25, 0.3) is 0 Å². The summed E-state index contributed by atoms with van der Waals surface area (Å²) >= 11 is 0. The number of hydrogen-bond acceptors (Lipinski definition) is 3. The lowest BCUT2D eigenvalue weighted by atomic mass is 9.99. The molecule has 22 heavy (non-hydrogen) atoms. The van der Waals surface area contributed by atoms with E-state index in [4.69, 9.17) is 5.26 Å². The number of urea groups is 1. The molecule has 6 nitrogen and oxygen atoms in total. The van der Waals surface area contributed by atoms with E-state index in [1.165, 1.54) is 12.8 Å². The van der Waals surface area contributed by atoms with E-state index in [1.54, 1.807) is 4.90 Å². The highest BCUT2D eigenvalue weighted by Crippen LogP contribution is 2.40. The molecule has 2 heterocycles. The molecule has 0 aromatic carbocycles. The van der Waals surface area contributed by atoms with Crippen LogP contribution in [0.4, 0.5) is 10.6 Å². The summed E-state index contributed by atoms with van der Waals surface area (Å²) in [6.07, 6.45) is 4.02. The maximum atomic E-state index is 12.4. The van der Waals surface area contributed by atoms with Crippen molar-refractivity contribution >= 4 is 11.8 Å². The van der Waals surface area contributed by atoms with Crippen molar-refractivity contribution in [3.8, 4) is 6.07 Å². The van der Waals surface area contributed by atoms with Gasteiger partial charge in [0.05, 0.1) is 17.8 Å². The van der Waals surface area contributed by atoms with Gasteiger partial charge in [0, 0.05) is 25.1 Å². The van der Waals surface area contributed by atoms with E-state index < -0.39 is 0 Å². The molecule has 6 heteroatoms.